The fourth-order valence-corrected chi connectivity index (χ4v) is 3.44. The summed E-state index contributed by atoms with van der Waals surface area (Å²) in [5.41, 5.74) is 4.55. The van der Waals surface area contributed by atoms with Gasteiger partial charge in [0.1, 0.15) is 6.04 Å². The quantitative estimate of drug-likeness (QED) is 0.642. The Bertz CT molecular complexity index is 799. The second-order valence-corrected chi connectivity index (χ2v) is 7.71. The molecule has 0 bridgehead atoms. The summed E-state index contributed by atoms with van der Waals surface area (Å²) in [5.74, 6) is -0.0451. The first-order valence-electron chi connectivity index (χ1n) is 10.6. The molecule has 1 N–H and O–H groups in total. The molecule has 0 heterocycles. The van der Waals surface area contributed by atoms with Gasteiger partial charge in [-0.2, -0.15) is 0 Å². The summed E-state index contributed by atoms with van der Waals surface area (Å²) in [4.78, 5) is 27.7. The number of hydrogen-bond donors (Lipinski definition) is 1. The Hall–Kier alpha value is -2.62. The second-order valence-electron chi connectivity index (χ2n) is 7.71. The summed E-state index contributed by atoms with van der Waals surface area (Å²) in [5, 5.41) is 2.96. The van der Waals surface area contributed by atoms with Gasteiger partial charge in [-0.25, -0.2) is 0 Å². The van der Waals surface area contributed by atoms with Crippen molar-refractivity contribution in [2.24, 2.45) is 0 Å². The third-order valence-electron chi connectivity index (χ3n) is 5.12. The van der Waals surface area contributed by atoms with E-state index in [0.717, 1.165) is 23.1 Å². The fraction of sp³-hybridized carbons (Fsp3) is 0.440. The number of hydrogen-bond acceptors (Lipinski definition) is 2. The first kappa shape index (κ1) is 22.7. The fourth-order valence-electron chi connectivity index (χ4n) is 3.44. The minimum Gasteiger partial charge on any atom is -0.354 e. The third kappa shape index (κ3) is 7.04. The van der Waals surface area contributed by atoms with Crippen LogP contribution in [0.3, 0.4) is 0 Å². The molecular formula is C25H34N2O2. The number of carbonyl (C=O) groups is 2. The van der Waals surface area contributed by atoms with Crippen molar-refractivity contribution in [1.82, 2.24) is 10.2 Å². The van der Waals surface area contributed by atoms with Gasteiger partial charge in [0, 0.05) is 19.5 Å². The molecule has 0 aromatic heterocycles. The molecule has 0 saturated carbocycles. The summed E-state index contributed by atoms with van der Waals surface area (Å²) >= 11 is 0. The van der Waals surface area contributed by atoms with Crippen LogP contribution in [-0.4, -0.2) is 29.3 Å². The Kier molecular flexibility index (Phi) is 8.91. The molecular weight excluding hydrogens is 360 g/mol. The van der Waals surface area contributed by atoms with Crippen LogP contribution in [0, 0.1) is 13.8 Å². The molecule has 4 heteroatoms. The van der Waals surface area contributed by atoms with E-state index >= 15 is 0 Å². The molecule has 0 aliphatic heterocycles. The molecule has 1 atom stereocenters. The van der Waals surface area contributed by atoms with Gasteiger partial charge < -0.3 is 10.2 Å². The molecule has 2 aromatic rings. The first-order valence-corrected chi connectivity index (χ1v) is 10.6. The molecule has 0 saturated heterocycles. The Labute approximate surface area is 175 Å². The van der Waals surface area contributed by atoms with Gasteiger partial charge in [0.25, 0.3) is 0 Å². The van der Waals surface area contributed by atoms with Gasteiger partial charge in [0.05, 0.1) is 0 Å². The maximum Gasteiger partial charge on any atom is 0.242 e. The van der Waals surface area contributed by atoms with E-state index in [9.17, 15) is 9.59 Å². The van der Waals surface area contributed by atoms with Crippen LogP contribution >= 0.6 is 0 Å². The number of carbonyl (C=O) groups excluding carboxylic acids is 2. The monoisotopic (exact) mass is 394 g/mol. The highest BCUT2D eigenvalue weighted by atomic mass is 16.2. The van der Waals surface area contributed by atoms with E-state index in [1.165, 1.54) is 5.56 Å². The maximum absolute atomic E-state index is 13.2. The molecule has 2 aromatic carbocycles. The Morgan fingerprint density at radius 1 is 0.966 bits per heavy atom. The summed E-state index contributed by atoms with van der Waals surface area (Å²) in [6.45, 7) is 9.17. The number of amides is 2. The van der Waals surface area contributed by atoms with Crippen molar-refractivity contribution in [3.8, 4) is 0 Å². The minimum atomic E-state index is -0.451. The normalized spacial score (nSPS) is 11.7. The largest absolute Gasteiger partial charge is 0.354 e. The summed E-state index contributed by atoms with van der Waals surface area (Å²) in [6.07, 6.45) is 2.54. The topological polar surface area (TPSA) is 49.4 Å². The van der Waals surface area contributed by atoms with Crippen molar-refractivity contribution in [2.75, 3.05) is 6.54 Å². The summed E-state index contributed by atoms with van der Waals surface area (Å²) < 4.78 is 0. The van der Waals surface area contributed by atoms with E-state index in [-0.39, 0.29) is 11.8 Å². The van der Waals surface area contributed by atoms with E-state index < -0.39 is 6.04 Å². The van der Waals surface area contributed by atoms with Crippen molar-refractivity contribution in [2.45, 2.75) is 66.0 Å². The molecule has 29 heavy (non-hydrogen) atoms. The van der Waals surface area contributed by atoms with Crippen LogP contribution in [0.1, 0.15) is 55.4 Å². The van der Waals surface area contributed by atoms with Crippen molar-refractivity contribution in [3.05, 3.63) is 70.8 Å². The van der Waals surface area contributed by atoms with E-state index in [2.05, 4.69) is 42.6 Å². The highest BCUT2D eigenvalue weighted by Gasteiger charge is 2.28. The zero-order valence-corrected chi connectivity index (χ0v) is 18.2. The number of aryl methyl sites for hydroxylation is 3. The van der Waals surface area contributed by atoms with E-state index in [1.54, 1.807) is 4.90 Å². The SMILES string of the molecule is CCCNC(=O)[C@@H](CC)N(Cc1cccc(C)c1)C(=O)CCc1ccc(C)cc1. The lowest BCUT2D eigenvalue weighted by molar-refractivity contribution is -0.141. The molecule has 0 unspecified atom stereocenters. The van der Waals surface area contributed by atoms with Crippen molar-refractivity contribution in [1.29, 1.82) is 0 Å². The molecule has 156 valence electrons. The Morgan fingerprint density at radius 2 is 1.69 bits per heavy atom. The summed E-state index contributed by atoms with van der Waals surface area (Å²) in [7, 11) is 0. The first-order chi connectivity index (χ1) is 13.9. The predicted molar refractivity (Wildman–Crippen MR) is 119 cm³/mol. The molecule has 0 spiro atoms. The van der Waals surface area contributed by atoms with Gasteiger partial charge in [-0.15, -0.1) is 0 Å². The lowest BCUT2D eigenvalue weighted by Crippen LogP contribution is -2.49. The third-order valence-corrected chi connectivity index (χ3v) is 5.12. The smallest absolute Gasteiger partial charge is 0.242 e. The van der Waals surface area contributed by atoms with Gasteiger partial charge in [-0.3, -0.25) is 9.59 Å². The average Bonchev–Trinajstić information content (AvgIpc) is 2.71. The van der Waals surface area contributed by atoms with E-state index in [0.29, 0.717) is 32.4 Å². The van der Waals surface area contributed by atoms with Crippen LogP contribution in [0.5, 0.6) is 0 Å². The molecule has 2 amide bonds. The standard InChI is InChI=1S/C25H34N2O2/c1-5-16-26-25(29)23(6-2)27(18-22-9-7-8-20(4)17-22)24(28)15-14-21-12-10-19(3)11-13-21/h7-13,17,23H,5-6,14-16,18H2,1-4H3,(H,26,29)/t23-/m1/s1. The van der Waals surface area contributed by atoms with Crippen molar-refractivity contribution < 1.29 is 9.59 Å². The lowest BCUT2D eigenvalue weighted by atomic mass is 10.0. The van der Waals surface area contributed by atoms with Crippen LogP contribution < -0.4 is 5.32 Å². The molecule has 0 fully saturated rings. The van der Waals surface area contributed by atoms with E-state index in [1.807, 2.05) is 39.0 Å². The Morgan fingerprint density at radius 3 is 2.31 bits per heavy atom. The van der Waals surface area contributed by atoms with Gasteiger partial charge in [0.2, 0.25) is 11.8 Å². The lowest BCUT2D eigenvalue weighted by Gasteiger charge is -2.31. The van der Waals surface area contributed by atoms with Gasteiger partial charge in [-0.1, -0.05) is 73.5 Å². The predicted octanol–water partition coefficient (Wildman–Crippen LogP) is 4.57. The van der Waals surface area contributed by atoms with Crippen molar-refractivity contribution in [3.63, 3.8) is 0 Å². The highest BCUT2D eigenvalue weighted by molar-refractivity contribution is 5.87. The van der Waals surface area contributed by atoms with Gasteiger partial charge in [0.15, 0.2) is 0 Å². The van der Waals surface area contributed by atoms with Gasteiger partial charge in [-0.05, 0) is 44.2 Å². The number of nitrogens with one attached hydrogen (secondary N) is 1. The minimum absolute atomic E-state index is 0.0191. The highest BCUT2D eigenvalue weighted by Crippen LogP contribution is 2.16. The number of rotatable bonds is 10. The number of nitrogens with zero attached hydrogens (tertiary/aromatic N) is 1. The molecule has 0 aliphatic rings. The molecule has 0 radical (unpaired) electrons. The zero-order chi connectivity index (χ0) is 21.2. The maximum atomic E-state index is 13.2. The van der Waals surface area contributed by atoms with Crippen molar-refractivity contribution >= 4 is 11.8 Å². The van der Waals surface area contributed by atoms with Crippen LogP contribution in [0.2, 0.25) is 0 Å². The van der Waals surface area contributed by atoms with Crippen LogP contribution in [0.25, 0.3) is 0 Å². The number of benzene rings is 2. The second kappa shape index (κ2) is 11.4. The molecule has 2 rings (SSSR count). The zero-order valence-electron chi connectivity index (χ0n) is 18.2. The molecule has 4 nitrogen and oxygen atoms in total. The van der Waals surface area contributed by atoms with E-state index in [4.69, 9.17) is 0 Å². The van der Waals surface area contributed by atoms with Crippen LogP contribution in [0.4, 0.5) is 0 Å². The van der Waals surface area contributed by atoms with Crippen LogP contribution in [-0.2, 0) is 22.6 Å². The van der Waals surface area contributed by atoms with Crippen LogP contribution in [0.15, 0.2) is 48.5 Å². The molecule has 0 aliphatic carbocycles. The van der Waals surface area contributed by atoms with Gasteiger partial charge >= 0.3 is 0 Å². The summed E-state index contributed by atoms with van der Waals surface area (Å²) in [6, 6.07) is 16.0. The average molecular weight is 395 g/mol. The Balaban J connectivity index is 2.17.